The molecule has 1 heterocycles. The van der Waals surface area contributed by atoms with Crippen LogP contribution in [0.2, 0.25) is 5.02 Å². The van der Waals surface area contributed by atoms with Crippen molar-refractivity contribution in [1.29, 1.82) is 0 Å². The molecule has 0 saturated carbocycles. The first kappa shape index (κ1) is 18.2. The Labute approximate surface area is 147 Å². The maximum atomic E-state index is 12.0. The van der Waals surface area contributed by atoms with E-state index in [2.05, 4.69) is 25.7 Å². The highest BCUT2D eigenvalue weighted by atomic mass is 35.5. The summed E-state index contributed by atoms with van der Waals surface area (Å²) in [6.07, 6.45) is 0.891. The monoisotopic (exact) mass is 347 g/mol. The number of halogens is 1. The number of rotatable bonds is 7. The van der Waals surface area contributed by atoms with E-state index in [0.717, 1.165) is 24.2 Å². The maximum Gasteiger partial charge on any atom is 0.271 e. The molecule has 0 aliphatic carbocycles. The summed E-state index contributed by atoms with van der Waals surface area (Å²) >= 11 is 5.94. The van der Waals surface area contributed by atoms with E-state index in [4.69, 9.17) is 11.6 Å². The van der Waals surface area contributed by atoms with Gasteiger partial charge in [-0.25, -0.2) is 0 Å². The van der Waals surface area contributed by atoms with E-state index >= 15 is 0 Å². The van der Waals surface area contributed by atoms with Crippen LogP contribution in [0.25, 0.3) is 0 Å². The van der Waals surface area contributed by atoms with Gasteiger partial charge in [0.1, 0.15) is 0 Å². The molecule has 2 aromatic rings. The van der Waals surface area contributed by atoms with E-state index in [1.165, 1.54) is 0 Å². The van der Waals surface area contributed by atoms with Crippen molar-refractivity contribution in [2.24, 2.45) is 0 Å². The number of aryl methyl sites for hydroxylation is 1. The molecular formula is C17H22ClN5O. The first-order chi connectivity index (χ1) is 11.5. The lowest BCUT2D eigenvalue weighted by Gasteiger charge is -2.10. The second-order valence-electron chi connectivity index (χ2n) is 5.80. The molecule has 1 amide bonds. The predicted octanol–water partition coefficient (Wildman–Crippen LogP) is 2.86. The van der Waals surface area contributed by atoms with Gasteiger partial charge in [0.25, 0.3) is 5.91 Å². The van der Waals surface area contributed by atoms with E-state index < -0.39 is 0 Å². The minimum Gasteiger partial charge on any atom is -0.351 e. The number of carbonyl (C=O) groups is 1. The largest absolute Gasteiger partial charge is 0.351 e. The summed E-state index contributed by atoms with van der Waals surface area (Å²) in [6.45, 7) is 3.50. The van der Waals surface area contributed by atoms with Crippen LogP contribution in [0.4, 0.5) is 11.5 Å². The maximum absolute atomic E-state index is 12.0. The fraction of sp³-hybridized carbons (Fsp3) is 0.353. The first-order valence-corrected chi connectivity index (χ1v) is 8.13. The smallest absolute Gasteiger partial charge is 0.271 e. The Morgan fingerprint density at radius 3 is 2.62 bits per heavy atom. The van der Waals surface area contributed by atoms with E-state index in [1.54, 1.807) is 18.2 Å². The number of nitrogens with zero attached hydrogens (tertiary/aromatic N) is 3. The minimum absolute atomic E-state index is 0.213. The van der Waals surface area contributed by atoms with Gasteiger partial charge < -0.3 is 15.5 Å². The third kappa shape index (κ3) is 5.47. The van der Waals surface area contributed by atoms with Crippen molar-refractivity contribution >= 4 is 29.0 Å². The van der Waals surface area contributed by atoms with Gasteiger partial charge in [-0.05, 0) is 69.9 Å². The number of hydrogen-bond acceptors (Lipinski definition) is 5. The van der Waals surface area contributed by atoms with Crippen LogP contribution < -0.4 is 10.6 Å². The average Bonchev–Trinajstić information content (AvgIpc) is 2.54. The minimum atomic E-state index is -0.213. The molecule has 24 heavy (non-hydrogen) atoms. The third-order valence-corrected chi connectivity index (χ3v) is 3.65. The molecule has 0 bridgehead atoms. The summed E-state index contributed by atoms with van der Waals surface area (Å²) < 4.78 is 0. The van der Waals surface area contributed by atoms with Crippen LogP contribution in [-0.4, -0.2) is 48.2 Å². The number of nitrogens with one attached hydrogen (secondary N) is 2. The fourth-order valence-electron chi connectivity index (χ4n) is 2.11. The predicted molar refractivity (Wildman–Crippen MR) is 97.0 cm³/mol. The van der Waals surface area contributed by atoms with Gasteiger partial charge in [-0.15, -0.1) is 10.2 Å². The molecule has 0 unspecified atom stereocenters. The quantitative estimate of drug-likeness (QED) is 0.754. The van der Waals surface area contributed by atoms with Crippen molar-refractivity contribution in [3.63, 3.8) is 0 Å². The molecule has 1 aromatic heterocycles. The van der Waals surface area contributed by atoms with Crippen LogP contribution in [0.3, 0.4) is 0 Å². The molecule has 2 N–H and O–H groups in total. The van der Waals surface area contributed by atoms with Gasteiger partial charge in [0.2, 0.25) is 0 Å². The number of amides is 1. The Kier molecular flexibility index (Phi) is 6.52. The number of hydrogen-bond donors (Lipinski definition) is 2. The number of carbonyl (C=O) groups excluding carboxylic acids is 1. The highest BCUT2D eigenvalue weighted by Crippen LogP contribution is 2.22. The SMILES string of the molecule is Cc1cc(Cl)ccc1Nc1ccc(C(=O)NCCCN(C)C)nn1. The van der Waals surface area contributed by atoms with Crippen molar-refractivity contribution in [2.45, 2.75) is 13.3 Å². The molecule has 0 fully saturated rings. The van der Waals surface area contributed by atoms with Gasteiger partial charge in [0.15, 0.2) is 11.5 Å². The van der Waals surface area contributed by atoms with Gasteiger partial charge in [-0.2, -0.15) is 0 Å². The first-order valence-electron chi connectivity index (χ1n) is 7.75. The highest BCUT2D eigenvalue weighted by molar-refractivity contribution is 6.30. The Morgan fingerprint density at radius 2 is 2.00 bits per heavy atom. The Balaban J connectivity index is 1.91. The Morgan fingerprint density at radius 1 is 1.21 bits per heavy atom. The van der Waals surface area contributed by atoms with Gasteiger partial charge in [-0.1, -0.05) is 11.6 Å². The fourth-order valence-corrected chi connectivity index (χ4v) is 2.34. The molecule has 7 heteroatoms. The molecule has 0 saturated heterocycles. The lowest BCUT2D eigenvalue weighted by atomic mass is 10.2. The zero-order valence-corrected chi connectivity index (χ0v) is 14.9. The lowest BCUT2D eigenvalue weighted by Crippen LogP contribution is -2.28. The molecule has 0 radical (unpaired) electrons. The topological polar surface area (TPSA) is 70.2 Å². The van der Waals surface area contributed by atoms with Crippen LogP contribution in [0.15, 0.2) is 30.3 Å². The summed E-state index contributed by atoms with van der Waals surface area (Å²) in [5, 5.41) is 14.7. The molecule has 0 aliphatic heterocycles. The zero-order valence-electron chi connectivity index (χ0n) is 14.1. The van der Waals surface area contributed by atoms with Crippen LogP contribution in [0, 0.1) is 6.92 Å². The molecule has 6 nitrogen and oxygen atoms in total. The van der Waals surface area contributed by atoms with Gasteiger partial charge in [0, 0.05) is 17.3 Å². The van der Waals surface area contributed by atoms with Crippen molar-refractivity contribution < 1.29 is 4.79 Å². The van der Waals surface area contributed by atoms with Gasteiger partial charge in [0.05, 0.1) is 0 Å². The summed E-state index contributed by atoms with van der Waals surface area (Å²) in [5.41, 5.74) is 2.21. The van der Waals surface area contributed by atoms with Crippen LogP contribution in [0.5, 0.6) is 0 Å². The standard InChI is InChI=1S/C17H22ClN5O/c1-12-11-13(18)5-6-14(12)20-16-8-7-15(21-22-16)17(24)19-9-4-10-23(2)3/h5-8,11H,4,9-10H2,1-3H3,(H,19,24)(H,20,22). The Bertz CT molecular complexity index is 688. The number of anilines is 2. The third-order valence-electron chi connectivity index (χ3n) is 3.42. The highest BCUT2D eigenvalue weighted by Gasteiger charge is 2.08. The van der Waals surface area contributed by atoms with Gasteiger partial charge >= 0.3 is 0 Å². The molecule has 0 atom stereocenters. The van der Waals surface area contributed by atoms with E-state index in [0.29, 0.717) is 23.1 Å². The molecule has 0 aliphatic rings. The summed E-state index contributed by atoms with van der Waals surface area (Å²) in [5.74, 6) is 0.361. The van der Waals surface area contributed by atoms with E-state index in [-0.39, 0.29) is 5.91 Å². The van der Waals surface area contributed by atoms with E-state index in [9.17, 15) is 4.79 Å². The second-order valence-corrected chi connectivity index (χ2v) is 6.24. The van der Waals surface area contributed by atoms with Crippen molar-refractivity contribution in [3.8, 4) is 0 Å². The lowest BCUT2D eigenvalue weighted by molar-refractivity contribution is 0.0946. The molecular weight excluding hydrogens is 326 g/mol. The van der Waals surface area contributed by atoms with Crippen molar-refractivity contribution in [2.75, 3.05) is 32.5 Å². The molecule has 128 valence electrons. The Hall–Kier alpha value is -2.18. The van der Waals surface area contributed by atoms with E-state index in [1.807, 2.05) is 33.2 Å². The van der Waals surface area contributed by atoms with Crippen LogP contribution >= 0.6 is 11.6 Å². The van der Waals surface area contributed by atoms with Gasteiger partial charge in [-0.3, -0.25) is 4.79 Å². The average molecular weight is 348 g/mol. The van der Waals surface area contributed by atoms with Crippen molar-refractivity contribution in [3.05, 3.63) is 46.6 Å². The molecule has 2 rings (SSSR count). The van der Waals surface area contributed by atoms with Crippen LogP contribution in [-0.2, 0) is 0 Å². The molecule has 1 aromatic carbocycles. The normalized spacial score (nSPS) is 10.7. The second kappa shape index (κ2) is 8.61. The number of benzene rings is 1. The van der Waals surface area contributed by atoms with Crippen LogP contribution in [0.1, 0.15) is 22.5 Å². The summed E-state index contributed by atoms with van der Waals surface area (Å²) in [7, 11) is 4.00. The molecule has 0 spiro atoms. The number of aromatic nitrogens is 2. The summed E-state index contributed by atoms with van der Waals surface area (Å²) in [6, 6.07) is 8.94. The zero-order chi connectivity index (χ0) is 17.5. The summed E-state index contributed by atoms with van der Waals surface area (Å²) in [4.78, 5) is 14.1. The van der Waals surface area contributed by atoms with Crippen molar-refractivity contribution in [1.82, 2.24) is 20.4 Å².